The van der Waals surface area contributed by atoms with E-state index in [1.54, 1.807) is 11.3 Å². The average molecular weight is 513 g/mol. The number of aliphatic imine (C=N–C) groups is 1. The van der Waals surface area contributed by atoms with Crippen LogP contribution in [0.25, 0.3) is 0 Å². The van der Waals surface area contributed by atoms with Crippen molar-refractivity contribution in [3.63, 3.8) is 0 Å². The normalized spacial score (nSPS) is 14.1. The van der Waals surface area contributed by atoms with Crippen molar-refractivity contribution in [2.75, 3.05) is 38.6 Å². The molecule has 0 saturated carbocycles. The molecule has 2 aromatic rings. The summed E-state index contributed by atoms with van der Waals surface area (Å²) < 4.78 is 0. The van der Waals surface area contributed by atoms with Gasteiger partial charge in [0.05, 0.1) is 5.69 Å². The number of halogens is 1. The number of aryl methyl sites for hydroxylation is 1. The Morgan fingerprint density at radius 2 is 1.89 bits per heavy atom. The fourth-order valence-electron chi connectivity index (χ4n) is 3.38. The molecule has 7 heteroatoms. The number of nitrogens with one attached hydrogen (secondary N) is 1. The zero-order chi connectivity index (χ0) is 19.1. The van der Waals surface area contributed by atoms with Crippen LogP contribution in [0, 0.1) is 0 Å². The quantitative estimate of drug-likeness (QED) is 0.343. The lowest BCUT2D eigenvalue weighted by Crippen LogP contribution is -2.39. The van der Waals surface area contributed by atoms with Crippen molar-refractivity contribution in [3.05, 3.63) is 46.5 Å². The smallest absolute Gasteiger partial charge is 0.193 e. The van der Waals surface area contributed by atoms with Gasteiger partial charge in [-0.05, 0) is 30.4 Å². The molecule has 0 amide bonds. The van der Waals surface area contributed by atoms with Crippen LogP contribution in [-0.4, -0.2) is 49.6 Å². The lowest BCUT2D eigenvalue weighted by Gasteiger charge is -2.22. The van der Waals surface area contributed by atoms with Gasteiger partial charge in [0.1, 0.15) is 0 Å². The molecule has 154 valence electrons. The fraction of sp³-hybridized carbons (Fsp3) is 0.524. The number of guanidine groups is 1. The first-order valence-electron chi connectivity index (χ1n) is 9.88. The lowest BCUT2D eigenvalue weighted by molar-refractivity contribution is 0.477. The summed E-state index contributed by atoms with van der Waals surface area (Å²) >= 11 is 1.77. The SMILES string of the molecule is CCc1ccc(CN(C)C(=NC)NCCc2csc(N3CCCC3)n2)cc1.I. The zero-order valence-corrected chi connectivity index (χ0v) is 20.3. The fourth-order valence-corrected chi connectivity index (χ4v) is 4.29. The van der Waals surface area contributed by atoms with Gasteiger partial charge < -0.3 is 15.1 Å². The highest BCUT2D eigenvalue weighted by Crippen LogP contribution is 2.24. The first kappa shape index (κ1) is 22.9. The van der Waals surface area contributed by atoms with Crippen molar-refractivity contribution >= 4 is 46.4 Å². The molecular formula is C21H32IN5S. The average Bonchev–Trinajstić information content (AvgIpc) is 3.37. The second kappa shape index (κ2) is 11.6. The lowest BCUT2D eigenvalue weighted by atomic mass is 10.1. The molecular weight excluding hydrogens is 481 g/mol. The molecule has 0 aliphatic carbocycles. The van der Waals surface area contributed by atoms with Crippen molar-refractivity contribution in [2.45, 2.75) is 39.2 Å². The van der Waals surface area contributed by atoms with Gasteiger partial charge >= 0.3 is 0 Å². The molecule has 1 aliphatic heterocycles. The Morgan fingerprint density at radius 3 is 2.54 bits per heavy atom. The Bertz CT molecular complexity index is 738. The van der Waals surface area contributed by atoms with E-state index in [9.17, 15) is 0 Å². The summed E-state index contributed by atoms with van der Waals surface area (Å²) in [4.78, 5) is 13.8. The number of benzene rings is 1. The van der Waals surface area contributed by atoms with Crippen molar-refractivity contribution in [1.82, 2.24) is 15.2 Å². The van der Waals surface area contributed by atoms with E-state index in [-0.39, 0.29) is 24.0 Å². The van der Waals surface area contributed by atoms with Crippen molar-refractivity contribution in [2.24, 2.45) is 4.99 Å². The van der Waals surface area contributed by atoms with E-state index in [0.717, 1.165) is 45.0 Å². The highest BCUT2D eigenvalue weighted by atomic mass is 127. The van der Waals surface area contributed by atoms with E-state index in [0.29, 0.717) is 0 Å². The number of hydrogen-bond donors (Lipinski definition) is 1. The molecule has 0 spiro atoms. The molecule has 1 N–H and O–H groups in total. The molecule has 2 heterocycles. The van der Waals surface area contributed by atoms with Gasteiger partial charge in [0.15, 0.2) is 11.1 Å². The van der Waals surface area contributed by atoms with Gasteiger partial charge in [-0.3, -0.25) is 4.99 Å². The second-order valence-electron chi connectivity index (χ2n) is 7.07. The van der Waals surface area contributed by atoms with Crippen molar-refractivity contribution in [3.8, 4) is 0 Å². The van der Waals surface area contributed by atoms with Gasteiger partial charge in [-0.2, -0.15) is 0 Å². The molecule has 0 atom stereocenters. The van der Waals surface area contributed by atoms with Crippen LogP contribution in [0.3, 0.4) is 0 Å². The third-order valence-electron chi connectivity index (χ3n) is 5.00. The summed E-state index contributed by atoms with van der Waals surface area (Å²) in [5, 5.41) is 6.84. The molecule has 0 radical (unpaired) electrons. The van der Waals surface area contributed by atoms with Gasteiger partial charge in [0.2, 0.25) is 0 Å². The first-order chi connectivity index (χ1) is 13.2. The van der Waals surface area contributed by atoms with Crippen LogP contribution in [0.15, 0.2) is 34.6 Å². The Morgan fingerprint density at radius 1 is 1.21 bits per heavy atom. The molecule has 1 aliphatic rings. The summed E-state index contributed by atoms with van der Waals surface area (Å²) in [5.41, 5.74) is 3.84. The minimum absolute atomic E-state index is 0. The van der Waals surface area contributed by atoms with Crippen molar-refractivity contribution in [1.29, 1.82) is 0 Å². The molecule has 1 aromatic carbocycles. The predicted molar refractivity (Wildman–Crippen MR) is 131 cm³/mol. The molecule has 1 aromatic heterocycles. The standard InChI is InChI=1S/C21H31N5S.HI/c1-4-17-7-9-18(10-8-17)15-25(3)20(22-2)23-12-11-19-16-27-21(24-19)26-13-5-6-14-26;/h7-10,16H,4-6,11-15H2,1-3H3,(H,22,23);1H. The summed E-state index contributed by atoms with van der Waals surface area (Å²) in [7, 11) is 3.92. The van der Waals surface area contributed by atoms with Gasteiger partial charge in [-0.15, -0.1) is 35.3 Å². The number of anilines is 1. The molecule has 0 unspecified atom stereocenters. The maximum Gasteiger partial charge on any atom is 0.193 e. The van der Waals surface area contributed by atoms with E-state index in [2.05, 4.69) is 63.7 Å². The summed E-state index contributed by atoms with van der Waals surface area (Å²) in [6, 6.07) is 8.83. The monoisotopic (exact) mass is 513 g/mol. The first-order valence-corrected chi connectivity index (χ1v) is 10.8. The molecule has 1 fully saturated rings. The Labute approximate surface area is 190 Å². The second-order valence-corrected chi connectivity index (χ2v) is 7.90. The summed E-state index contributed by atoms with van der Waals surface area (Å²) in [6.07, 6.45) is 4.58. The van der Waals surface area contributed by atoms with E-state index < -0.39 is 0 Å². The molecule has 1 saturated heterocycles. The largest absolute Gasteiger partial charge is 0.356 e. The molecule has 28 heavy (non-hydrogen) atoms. The number of aromatic nitrogens is 1. The number of nitrogens with zero attached hydrogens (tertiary/aromatic N) is 4. The van der Waals surface area contributed by atoms with Crippen LogP contribution in [0.5, 0.6) is 0 Å². The van der Waals surface area contributed by atoms with Gasteiger partial charge in [0.25, 0.3) is 0 Å². The van der Waals surface area contributed by atoms with Crippen LogP contribution < -0.4 is 10.2 Å². The van der Waals surface area contributed by atoms with E-state index in [1.165, 1.54) is 34.8 Å². The minimum atomic E-state index is 0. The summed E-state index contributed by atoms with van der Waals surface area (Å²) in [6.45, 7) is 6.18. The van der Waals surface area contributed by atoms with Gasteiger partial charge in [-0.1, -0.05) is 31.2 Å². The number of rotatable bonds is 7. The predicted octanol–water partition coefficient (Wildman–Crippen LogP) is 4.17. The molecule has 5 nitrogen and oxygen atoms in total. The maximum atomic E-state index is 4.79. The van der Waals surface area contributed by atoms with Crippen LogP contribution in [0.1, 0.15) is 36.6 Å². The maximum absolute atomic E-state index is 4.79. The number of thiazole rings is 1. The van der Waals surface area contributed by atoms with Crippen LogP contribution in [0.4, 0.5) is 5.13 Å². The van der Waals surface area contributed by atoms with Crippen LogP contribution in [0.2, 0.25) is 0 Å². The third kappa shape index (κ3) is 6.34. The van der Waals surface area contributed by atoms with E-state index in [1.807, 2.05) is 7.05 Å². The van der Waals surface area contributed by atoms with Gasteiger partial charge in [-0.25, -0.2) is 4.98 Å². The highest BCUT2D eigenvalue weighted by molar-refractivity contribution is 14.0. The van der Waals surface area contributed by atoms with Crippen LogP contribution >= 0.6 is 35.3 Å². The molecule has 0 bridgehead atoms. The van der Waals surface area contributed by atoms with Crippen molar-refractivity contribution < 1.29 is 0 Å². The zero-order valence-electron chi connectivity index (χ0n) is 17.1. The topological polar surface area (TPSA) is 43.8 Å². The minimum Gasteiger partial charge on any atom is -0.356 e. The highest BCUT2D eigenvalue weighted by Gasteiger charge is 2.15. The van der Waals surface area contributed by atoms with E-state index >= 15 is 0 Å². The third-order valence-corrected chi connectivity index (χ3v) is 5.96. The Kier molecular flexibility index (Phi) is 9.50. The summed E-state index contributed by atoms with van der Waals surface area (Å²) in [5.74, 6) is 0.921. The van der Waals surface area contributed by atoms with E-state index in [4.69, 9.17) is 4.98 Å². The number of hydrogen-bond acceptors (Lipinski definition) is 4. The van der Waals surface area contributed by atoms with Crippen LogP contribution in [-0.2, 0) is 19.4 Å². The Balaban J connectivity index is 0.00000280. The Hall–Kier alpha value is -1.35. The molecule has 3 rings (SSSR count). The van der Waals surface area contributed by atoms with Gasteiger partial charge in [0, 0.05) is 52.1 Å².